The molecule has 15 heteroatoms. The van der Waals surface area contributed by atoms with Crippen LogP contribution in [0.15, 0.2) is 41.3 Å². The normalized spacial score (nSPS) is 22.3. The summed E-state index contributed by atoms with van der Waals surface area (Å²) < 4.78 is 84.7. The second kappa shape index (κ2) is 11.2. The lowest BCUT2D eigenvalue weighted by Gasteiger charge is -2.42. The Morgan fingerprint density at radius 1 is 1.21 bits per heavy atom. The summed E-state index contributed by atoms with van der Waals surface area (Å²) >= 11 is 0. The number of piperidine rings is 1. The van der Waals surface area contributed by atoms with Crippen LogP contribution in [0.25, 0.3) is 0 Å². The number of halogens is 4. The van der Waals surface area contributed by atoms with Crippen LogP contribution in [0.4, 0.5) is 29.2 Å². The summed E-state index contributed by atoms with van der Waals surface area (Å²) in [4.78, 5) is 18.3. The van der Waals surface area contributed by atoms with Gasteiger partial charge in [0.2, 0.25) is 10.0 Å². The molecule has 2 aromatic heterocycles. The lowest BCUT2D eigenvalue weighted by molar-refractivity contribution is -0.152. The van der Waals surface area contributed by atoms with Gasteiger partial charge >= 0.3 is 12.1 Å². The van der Waals surface area contributed by atoms with Gasteiger partial charge in [-0.1, -0.05) is 12.1 Å². The first-order chi connectivity index (χ1) is 20.1. The van der Waals surface area contributed by atoms with Crippen molar-refractivity contribution in [2.45, 2.75) is 56.1 Å². The maximum atomic E-state index is 16.0. The number of likely N-dealkylation sites (tertiary alicyclic amines) is 1. The summed E-state index contributed by atoms with van der Waals surface area (Å²) in [6.45, 7) is 4.10. The zero-order valence-corrected chi connectivity index (χ0v) is 24.6. The van der Waals surface area contributed by atoms with Crippen LogP contribution in [0.1, 0.15) is 48.2 Å². The number of aromatic nitrogens is 3. The number of rotatable bonds is 8. The van der Waals surface area contributed by atoms with E-state index in [0.717, 1.165) is 22.1 Å². The zero-order chi connectivity index (χ0) is 31.3. The Morgan fingerprint density at radius 3 is 2.49 bits per heavy atom. The molecule has 0 spiro atoms. The number of aromatic amines is 1. The number of H-pyrrole nitrogens is 1. The second-order valence-electron chi connectivity index (χ2n) is 11.5. The molecule has 3 N–H and O–H groups in total. The van der Waals surface area contributed by atoms with Crippen molar-refractivity contribution in [1.29, 1.82) is 0 Å². The van der Waals surface area contributed by atoms with Crippen LogP contribution in [0.3, 0.4) is 0 Å². The SMILES string of the molecule is Cc1cc(Nc2cc(C3CN(C)C3)c(F)c(C[C@@]3(C(=O)O)CCN(S(=O)(=O)c4ccccc4C(F)(F)F)[C@H](C)C3)n2)n[nH]1. The van der Waals surface area contributed by atoms with Crippen LogP contribution in [0, 0.1) is 18.2 Å². The number of aliphatic carboxylic acids is 1. The highest BCUT2D eigenvalue weighted by Crippen LogP contribution is 2.43. The van der Waals surface area contributed by atoms with E-state index in [0.29, 0.717) is 30.5 Å². The van der Waals surface area contributed by atoms with Gasteiger partial charge in [0.1, 0.15) is 11.6 Å². The van der Waals surface area contributed by atoms with E-state index >= 15 is 4.39 Å². The molecule has 5 rings (SSSR count). The van der Waals surface area contributed by atoms with Crippen molar-refractivity contribution < 1.29 is 35.9 Å². The number of nitrogens with zero attached hydrogens (tertiary/aromatic N) is 4. The number of carboxylic acid groups (broad SMARTS) is 1. The maximum Gasteiger partial charge on any atom is 0.417 e. The minimum absolute atomic E-state index is 0.0878. The Kier molecular flexibility index (Phi) is 8.03. The van der Waals surface area contributed by atoms with Crippen molar-refractivity contribution in [3.63, 3.8) is 0 Å². The third-order valence-electron chi connectivity index (χ3n) is 8.25. The van der Waals surface area contributed by atoms with Gasteiger partial charge in [-0.05, 0) is 57.5 Å². The summed E-state index contributed by atoms with van der Waals surface area (Å²) in [7, 11) is -2.73. The highest BCUT2D eigenvalue weighted by molar-refractivity contribution is 7.89. The zero-order valence-electron chi connectivity index (χ0n) is 23.7. The predicted molar refractivity (Wildman–Crippen MR) is 149 cm³/mol. The fourth-order valence-electron chi connectivity index (χ4n) is 6.07. The lowest BCUT2D eigenvalue weighted by atomic mass is 9.72. The van der Waals surface area contributed by atoms with Crippen molar-refractivity contribution in [2.75, 3.05) is 32.0 Å². The van der Waals surface area contributed by atoms with E-state index < -0.39 is 49.9 Å². The van der Waals surface area contributed by atoms with Gasteiger partial charge in [0.25, 0.3) is 0 Å². The number of alkyl halides is 3. The molecule has 1 aromatic carbocycles. The molecular weight excluding hydrogens is 592 g/mol. The molecule has 0 saturated carbocycles. The number of pyridine rings is 1. The topological polar surface area (TPSA) is 132 Å². The van der Waals surface area contributed by atoms with Crippen molar-refractivity contribution in [1.82, 2.24) is 24.4 Å². The van der Waals surface area contributed by atoms with E-state index in [-0.39, 0.29) is 43.2 Å². The van der Waals surface area contributed by atoms with Crippen molar-refractivity contribution in [2.24, 2.45) is 5.41 Å². The number of carbonyl (C=O) groups is 1. The molecule has 0 bridgehead atoms. The third kappa shape index (κ3) is 5.97. The van der Waals surface area contributed by atoms with E-state index in [2.05, 4.69) is 20.5 Å². The van der Waals surface area contributed by atoms with Gasteiger partial charge in [0.05, 0.1) is 21.6 Å². The molecule has 0 aliphatic carbocycles. The van der Waals surface area contributed by atoms with Crippen molar-refractivity contribution in [3.05, 3.63) is 64.7 Å². The number of hydrogen-bond donors (Lipinski definition) is 3. The van der Waals surface area contributed by atoms with Crippen LogP contribution in [-0.4, -0.2) is 76.6 Å². The van der Waals surface area contributed by atoms with Crippen LogP contribution in [0.5, 0.6) is 0 Å². The first-order valence-corrected chi connectivity index (χ1v) is 15.1. The number of sulfonamides is 1. The average molecular weight is 625 g/mol. The van der Waals surface area contributed by atoms with E-state index in [1.165, 1.54) is 13.0 Å². The molecule has 232 valence electrons. The van der Waals surface area contributed by atoms with Gasteiger partial charge in [-0.15, -0.1) is 0 Å². The fraction of sp³-hybridized carbons (Fsp3) is 0.464. The van der Waals surface area contributed by atoms with Gasteiger partial charge in [-0.3, -0.25) is 9.89 Å². The molecule has 43 heavy (non-hydrogen) atoms. The molecule has 2 fully saturated rings. The number of benzene rings is 1. The lowest BCUT2D eigenvalue weighted by Crippen LogP contribution is -2.52. The fourth-order valence-corrected chi connectivity index (χ4v) is 7.91. The smallest absolute Gasteiger partial charge is 0.417 e. The third-order valence-corrected chi connectivity index (χ3v) is 10.3. The Hall–Kier alpha value is -3.56. The van der Waals surface area contributed by atoms with Crippen molar-refractivity contribution in [3.8, 4) is 0 Å². The number of anilines is 2. The number of nitrogens with one attached hydrogen (secondary N) is 2. The van der Waals surface area contributed by atoms with Gasteiger partial charge in [0, 0.05) is 49.8 Å². The molecule has 2 saturated heterocycles. The molecule has 0 unspecified atom stereocenters. The first kappa shape index (κ1) is 30.9. The molecule has 2 atom stereocenters. The van der Waals surface area contributed by atoms with Gasteiger partial charge in [-0.2, -0.15) is 22.6 Å². The summed E-state index contributed by atoms with van der Waals surface area (Å²) in [5.41, 5.74) is -1.83. The van der Waals surface area contributed by atoms with E-state index in [1.54, 1.807) is 12.1 Å². The monoisotopic (exact) mass is 624 g/mol. The summed E-state index contributed by atoms with van der Waals surface area (Å²) in [6, 6.07) is 6.22. The Labute approximate surface area is 246 Å². The van der Waals surface area contributed by atoms with Gasteiger partial charge in [0.15, 0.2) is 5.82 Å². The number of hydrogen-bond acceptors (Lipinski definition) is 7. The molecule has 2 aliphatic rings. The Morgan fingerprint density at radius 2 is 1.91 bits per heavy atom. The molecule has 3 aromatic rings. The maximum absolute atomic E-state index is 16.0. The minimum Gasteiger partial charge on any atom is -0.481 e. The number of likely N-dealkylation sites (N-methyl/N-ethyl adjacent to an activating group) is 1. The van der Waals surface area contributed by atoms with E-state index in [1.807, 2.05) is 18.9 Å². The van der Waals surface area contributed by atoms with Gasteiger partial charge < -0.3 is 15.3 Å². The number of aryl methyl sites for hydroxylation is 1. The van der Waals surface area contributed by atoms with Crippen LogP contribution in [-0.2, 0) is 27.4 Å². The second-order valence-corrected chi connectivity index (χ2v) is 13.4. The van der Waals surface area contributed by atoms with E-state index in [9.17, 15) is 31.5 Å². The summed E-state index contributed by atoms with van der Waals surface area (Å²) in [5, 5.41) is 20.3. The van der Waals surface area contributed by atoms with Gasteiger partial charge in [-0.25, -0.2) is 17.8 Å². The molecular formula is C28H32F4N6O4S. The van der Waals surface area contributed by atoms with E-state index in [4.69, 9.17) is 0 Å². The summed E-state index contributed by atoms with van der Waals surface area (Å²) in [6.07, 6.45) is -5.75. The average Bonchev–Trinajstić information content (AvgIpc) is 3.32. The largest absolute Gasteiger partial charge is 0.481 e. The quantitative estimate of drug-likeness (QED) is 0.312. The molecule has 2 aliphatic heterocycles. The Balaban J connectivity index is 1.46. The standard InChI is InChI=1S/C28H32F4N6O4S/c1-16-10-24(36-35-16)34-23-11-19(18-14-37(3)15-18)25(29)21(33-23)13-27(26(39)40)8-9-38(17(2)12-27)43(41,42)22-7-5-4-6-20(22)28(30,31)32/h4-7,10-11,17-18H,8-9,12-15H2,1-3H3,(H,39,40)(H2,33,34,35,36)/t17-,27-/m1/s1. The molecule has 0 amide bonds. The summed E-state index contributed by atoms with van der Waals surface area (Å²) in [5.74, 6) is -1.29. The molecule has 10 nitrogen and oxygen atoms in total. The van der Waals surface area contributed by atoms with Crippen LogP contribution in [0.2, 0.25) is 0 Å². The first-order valence-electron chi connectivity index (χ1n) is 13.7. The predicted octanol–water partition coefficient (Wildman–Crippen LogP) is 4.53. The highest BCUT2D eigenvalue weighted by atomic mass is 32.2. The van der Waals surface area contributed by atoms with Crippen molar-refractivity contribution >= 4 is 27.6 Å². The highest BCUT2D eigenvalue weighted by Gasteiger charge is 2.49. The minimum atomic E-state index is -4.91. The molecule has 0 radical (unpaired) electrons. The Bertz CT molecular complexity index is 1640. The molecule has 4 heterocycles. The van der Waals surface area contributed by atoms with Crippen LogP contribution >= 0.6 is 0 Å². The number of carboxylic acids is 1. The van der Waals surface area contributed by atoms with Crippen LogP contribution < -0.4 is 5.32 Å².